The van der Waals surface area contributed by atoms with Gasteiger partial charge in [-0.25, -0.2) is 0 Å². The molecule has 1 aromatic rings. The minimum Gasteiger partial charge on any atom is -0.305 e. The lowest BCUT2D eigenvalue weighted by Crippen LogP contribution is -2.30. The Morgan fingerprint density at radius 3 is 1.84 bits per heavy atom. The fraction of sp³-hybridized carbons (Fsp3) is 0.636. The van der Waals surface area contributed by atoms with Gasteiger partial charge in [-0.05, 0) is 18.6 Å². The van der Waals surface area contributed by atoms with Crippen molar-refractivity contribution in [2.24, 2.45) is 0 Å². The van der Waals surface area contributed by atoms with E-state index in [1.54, 1.807) is 11.0 Å². The summed E-state index contributed by atoms with van der Waals surface area (Å²) in [5, 5.41) is 0. The predicted molar refractivity (Wildman–Crippen MR) is 104 cm³/mol. The maximum absolute atomic E-state index is 12.1. The molecule has 0 bridgehead atoms. The maximum Gasteiger partial charge on any atom is 0.299 e. The molecular formula is C22H33NO2. The summed E-state index contributed by atoms with van der Waals surface area (Å²) in [5.74, 6) is -0.709. The Balaban J connectivity index is 1.51. The van der Waals surface area contributed by atoms with E-state index in [4.69, 9.17) is 0 Å². The highest BCUT2D eigenvalue weighted by Crippen LogP contribution is 2.28. The zero-order chi connectivity index (χ0) is 17.9. The Morgan fingerprint density at radius 2 is 1.24 bits per heavy atom. The smallest absolute Gasteiger partial charge is 0.299 e. The van der Waals surface area contributed by atoms with Gasteiger partial charge in [-0.2, -0.15) is 0 Å². The van der Waals surface area contributed by atoms with E-state index in [1.807, 2.05) is 18.2 Å². The molecule has 0 N–H and O–H groups in total. The third kappa shape index (κ3) is 5.98. The van der Waals surface area contributed by atoms with Gasteiger partial charge in [-0.15, -0.1) is 0 Å². The Labute approximate surface area is 152 Å². The Bertz CT molecular complexity index is 553. The number of benzene rings is 1. The van der Waals surface area contributed by atoms with Crippen LogP contribution < -0.4 is 4.90 Å². The summed E-state index contributed by atoms with van der Waals surface area (Å²) < 4.78 is 0. The normalized spacial score (nSPS) is 13.6. The number of rotatable bonds is 13. The van der Waals surface area contributed by atoms with Crippen molar-refractivity contribution >= 4 is 17.4 Å². The van der Waals surface area contributed by atoms with Crippen molar-refractivity contribution < 1.29 is 9.59 Å². The highest BCUT2D eigenvalue weighted by molar-refractivity contribution is 6.52. The number of amides is 1. The van der Waals surface area contributed by atoms with Crippen molar-refractivity contribution in [3.8, 4) is 0 Å². The lowest BCUT2D eigenvalue weighted by atomic mass is 10.1. The molecule has 0 fully saturated rings. The van der Waals surface area contributed by atoms with E-state index >= 15 is 0 Å². The molecule has 25 heavy (non-hydrogen) atoms. The van der Waals surface area contributed by atoms with Crippen LogP contribution in [-0.2, 0) is 4.79 Å². The highest BCUT2D eigenvalue weighted by Gasteiger charge is 2.34. The number of ketones is 1. The second-order valence-corrected chi connectivity index (χ2v) is 7.19. The van der Waals surface area contributed by atoms with Gasteiger partial charge in [-0.1, -0.05) is 89.7 Å². The fourth-order valence-electron chi connectivity index (χ4n) is 3.58. The number of Topliss-reactive ketones (excluding diaryl/α,β-unsaturated/α-hetero) is 1. The van der Waals surface area contributed by atoms with Crippen LogP contribution in [-0.4, -0.2) is 18.2 Å². The average molecular weight is 344 g/mol. The Kier molecular flexibility index (Phi) is 8.71. The number of anilines is 1. The molecule has 1 aliphatic heterocycles. The van der Waals surface area contributed by atoms with Gasteiger partial charge in [0.15, 0.2) is 0 Å². The second-order valence-electron chi connectivity index (χ2n) is 7.19. The highest BCUT2D eigenvalue weighted by atomic mass is 16.2. The molecule has 0 saturated heterocycles. The Hall–Kier alpha value is -1.64. The standard InChI is InChI=1S/C22H33NO2/c1-2-3-4-5-6-7-8-9-10-11-12-15-18-23-20-17-14-13-16-19(20)21(24)22(23)25/h13-14,16-17H,2-12,15,18H2,1H3. The van der Waals surface area contributed by atoms with E-state index in [2.05, 4.69) is 6.92 Å². The molecule has 0 unspecified atom stereocenters. The molecule has 0 aromatic heterocycles. The van der Waals surface area contributed by atoms with Gasteiger partial charge < -0.3 is 4.90 Å². The molecule has 2 rings (SSSR count). The number of hydrogen-bond donors (Lipinski definition) is 0. The molecule has 1 heterocycles. The zero-order valence-electron chi connectivity index (χ0n) is 15.8. The summed E-state index contributed by atoms with van der Waals surface area (Å²) in [6.45, 7) is 2.93. The van der Waals surface area contributed by atoms with Crippen LogP contribution in [0.25, 0.3) is 0 Å². The minimum absolute atomic E-state index is 0.352. The second kappa shape index (κ2) is 11.1. The quantitative estimate of drug-likeness (QED) is 0.329. The molecule has 3 nitrogen and oxygen atoms in total. The van der Waals surface area contributed by atoms with Crippen molar-refractivity contribution in [1.82, 2.24) is 0 Å². The predicted octanol–water partition coefficient (Wildman–Crippen LogP) is 5.92. The monoisotopic (exact) mass is 343 g/mol. The van der Waals surface area contributed by atoms with Crippen molar-refractivity contribution in [3.05, 3.63) is 29.8 Å². The molecule has 1 aromatic carbocycles. The molecule has 0 aliphatic carbocycles. The molecule has 3 heteroatoms. The number of carbonyl (C=O) groups excluding carboxylic acids is 2. The van der Waals surface area contributed by atoms with E-state index < -0.39 is 0 Å². The zero-order valence-corrected chi connectivity index (χ0v) is 15.8. The number of fused-ring (bicyclic) bond motifs is 1. The van der Waals surface area contributed by atoms with Gasteiger partial charge in [0.2, 0.25) is 0 Å². The van der Waals surface area contributed by atoms with Crippen LogP contribution in [0, 0.1) is 0 Å². The van der Waals surface area contributed by atoms with Gasteiger partial charge in [0.25, 0.3) is 11.7 Å². The summed E-state index contributed by atoms with van der Waals surface area (Å²) in [6, 6.07) is 7.33. The van der Waals surface area contributed by atoms with Gasteiger partial charge >= 0.3 is 0 Å². The minimum atomic E-state index is -0.357. The first-order valence-corrected chi connectivity index (χ1v) is 10.2. The number of para-hydroxylation sites is 1. The van der Waals surface area contributed by atoms with Crippen LogP contribution in [0.2, 0.25) is 0 Å². The third-order valence-electron chi connectivity index (χ3n) is 5.11. The number of carbonyl (C=O) groups is 2. The van der Waals surface area contributed by atoms with Gasteiger partial charge in [-0.3, -0.25) is 9.59 Å². The third-order valence-corrected chi connectivity index (χ3v) is 5.11. The first-order valence-electron chi connectivity index (χ1n) is 10.2. The SMILES string of the molecule is CCCCCCCCCCCCCCN1C(=O)C(=O)c2ccccc21. The van der Waals surface area contributed by atoms with Crippen molar-refractivity contribution in [2.75, 3.05) is 11.4 Å². The fourth-order valence-corrected chi connectivity index (χ4v) is 3.58. The molecule has 0 saturated carbocycles. The van der Waals surface area contributed by atoms with Crippen molar-refractivity contribution in [3.63, 3.8) is 0 Å². The lowest BCUT2D eigenvalue weighted by molar-refractivity contribution is -0.114. The topological polar surface area (TPSA) is 37.4 Å². The van der Waals surface area contributed by atoms with Crippen LogP contribution in [0.15, 0.2) is 24.3 Å². The van der Waals surface area contributed by atoms with Crippen LogP contribution in [0.5, 0.6) is 0 Å². The summed E-state index contributed by atoms with van der Waals surface area (Å²) in [6.07, 6.45) is 15.6. The van der Waals surface area contributed by atoms with E-state index in [-0.39, 0.29) is 11.7 Å². The van der Waals surface area contributed by atoms with Crippen LogP contribution in [0.1, 0.15) is 94.3 Å². The van der Waals surface area contributed by atoms with Crippen LogP contribution in [0.3, 0.4) is 0 Å². The van der Waals surface area contributed by atoms with Crippen molar-refractivity contribution in [1.29, 1.82) is 0 Å². The summed E-state index contributed by atoms with van der Waals surface area (Å²) in [4.78, 5) is 25.7. The lowest BCUT2D eigenvalue weighted by Gasteiger charge is -2.16. The molecule has 1 aliphatic rings. The van der Waals surface area contributed by atoms with Crippen LogP contribution in [0.4, 0.5) is 5.69 Å². The number of nitrogens with zero attached hydrogens (tertiary/aromatic N) is 1. The molecule has 1 amide bonds. The summed E-state index contributed by atoms with van der Waals surface area (Å²) >= 11 is 0. The first kappa shape index (κ1) is 19.7. The summed E-state index contributed by atoms with van der Waals surface area (Å²) in [7, 11) is 0. The molecule has 0 radical (unpaired) electrons. The van der Waals surface area contributed by atoms with Crippen LogP contribution >= 0.6 is 0 Å². The van der Waals surface area contributed by atoms with E-state index in [9.17, 15) is 9.59 Å². The number of unbranched alkanes of at least 4 members (excludes halogenated alkanes) is 11. The van der Waals surface area contributed by atoms with Gasteiger partial charge in [0, 0.05) is 6.54 Å². The first-order chi connectivity index (χ1) is 12.3. The largest absolute Gasteiger partial charge is 0.305 e. The van der Waals surface area contributed by atoms with E-state index in [1.165, 1.54) is 64.2 Å². The van der Waals surface area contributed by atoms with E-state index in [0.717, 1.165) is 18.5 Å². The molecule has 0 spiro atoms. The molecular weight excluding hydrogens is 310 g/mol. The Morgan fingerprint density at radius 1 is 0.720 bits per heavy atom. The summed E-state index contributed by atoms with van der Waals surface area (Å²) in [5.41, 5.74) is 1.35. The molecule has 138 valence electrons. The van der Waals surface area contributed by atoms with Gasteiger partial charge in [0.1, 0.15) is 0 Å². The van der Waals surface area contributed by atoms with Gasteiger partial charge in [0.05, 0.1) is 11.3 Å². The average Bonchev–Trinajstić information content (AvgIpc) is 2.87. The van der Waals surface area contributed by atoms with Crippen molar-refractivity contribution in [2.45, 2.75) is 84.0 Å². The maximum atomic E-state index is 12.1. The van der Waals surface area contributed by atoms with E-state index in [0.29, 0.717) is 12.1 Å². The number of hydrogen-bond acceptors (Lipinski definition) is 2. The molecule has 0 atom stereocenters.